The Labute approximate surface area is 119 Å². The van der Waals surface area contributed by atoms with E-state index in [1.54, 1.807) is 24.3 Å². The highest BCUT2D eigenvalue weighted by molar-refractivity contribution is 7.62. The van der Waals surface area contributed by atoms with E-state index in [9.17, 15) is 4.57 Å². The van der Waals surface area contributed by atoms with Gasteiger partial charge in [-0.25, -0.2) is 0 Å². The molecule has 0 radical (unpaired) electrons. The first-order valence-electron chi connectivity index (χ1n) is 5.52. The predicted octanol–water partition coefficient (Wildman–Crippen LogP) is 4.28. The lowest BCUT2D eigenvalue weighted by Gasteiger charge is -2.16. The van der Waals surface area contributed by atoms with Crippen molar-refractivity contribution in [2.45, 2.75) is 0 Å². The quantitative estimate of drug-likeness (QED) is 0.557. The molecule has 0 bridgehead atoms. The van der Waals surface area contributed by atoms with E-state index in [1.807, 2.05) is 6.07 Å². The summed E-state index contributed by atoms with van der Waals surface area (Å²) in [6.45, 7) is 10.5. The Morgan fingerprint density at radius 1 is 1.05 bits per heavy atom. The normalized spacial score (nSPS) is 9.95. The van der Waals surface area contributed by atoms with Crippen LogP contribution in [0.5, 0.6) is 0 Å². The van der Waals surface area contributed by atoms with E-state index in [0.29, 0.717) is 5.30 Å². The van der Waals surface area contributed by atoms with Crippen molar-refractivity contribution in [2.75, 3.05) is 13.2 Å². The van der Waals surface area contributed by atoms with Crippen LogP contribution in [0.3, 0.4) is 0 Å². The topological polar surface area (TPSA) is 35.5 Å². The number of rotatable bonds is 7. The molecule has 1 aromatic rings. The minimum Gasteiger partial charge on any atom is -0.301 e. The largest absolute Gasteiger partial charge is 0.361 e. The van der Waals surface area contributed by atoms with Crippen LogP contribution < -0.4 is 5.30 Å². The lowest BCUT2D eigenvalue weighted by Crippen LogP contribution is -2.10. The van der Waals surface area contributed by atoms with Gasteiger partial charge in [-0.2, -0.15) is 0 Å². The summed E-state index contributed by atoms with van der Waals surface area (Å²) < 4.78 is 22.9. The van der Waals surface area contributed by atoms with E-state index in [1.165, 1.54) is 17.7 Å². The van der Waals surface area contributed by atoms with E-state index < -0.39 is 7.60 Å². The van der Waals surface area contributed by atoms with Gasteiger partial charge in [-0.05, 0) is 17.7 Å². The summed E-state index contributed by atoms with van der Waals surface area (Å²) in [5.74, 6) is 0. The maximum absolute atomic E-state index is 12.4. The second kappa shape index (κ2) is 10.8. The van der Waals surface area contributed by atoms with Gasteiger partial charge in [0.1, 0.15) is 0 Å². The summed E-state index contributed by atoms with van der Waals surface area (Å²) in [4.78, 5) is 0. The number of hydrogen-bond donors (Lipinski definition) is 0. The minimum atomic E-state index is -3.25. The van der Waals surface area contributed by atoms with Gasteiger partial charge in [0.2, 0.25) is 0 Å². The molecule has 0 aromatic heterocycles. The van der Waals surface area contributed by atoms with Crippen molar-refractivity contribution in [3.05, 3.63) is 67.8 Å². The Kier molecular flexibility index (Phi) is 10.1. The lowest BCUT2D eigenvalue weighted by atomic mass is 10.4. The first kappa shape index (κ1) is 17.9. The molecule has 0 heterocycles. The summed E-state index contributed by atoms with van der Waals surface area (Å²) in [7, 11) is -3.25. The molecule has 19 heavy (non-hydrogen) atoms. The molecule has 0 N–H and O–H groups in total. The molecule has 5 heteroatoms. The van der Waals surface area contributed by atoms with Crippen LogP contribution in [0.15, 0.2) is 67.8 Å². The van der Waals surface area contributed by atoms with E-state index in [2.05, 4.69) is 19.7 Å². The van der Waals surface area contributed by atoms with Crippen molar-refractivity contribution in [3.63, 3.8) is 0 Å². The third-order valence-electron chi connectivity index (χ3n) is 1.80. The minimum absolute atomic E-state index is 0.184. The molecule has 1 rings (SSSR count). The zero-order valence-corrected chi connectivity index (χ0v) is 12.4. The first-order valence-corrected chi connectivity index (χ1v) is 7.50. The molecular formula is C14H18ClO3P. The van der Waals surface area contributed by atoms with Crippen LogP contribution in [0.1, 0.15) is 0 Å². The second-order valence-corrected chi connectivity index (χ2v) is 5.49. The molecule has 0 spiro atoms. The fourth-order valence-corrected chi connectivity index (χ4v) is 2.61. The zero-order chi connectivity index (χ0) is 14.6. The molecule has 0 atom stereocenters. The Morgan fingerprint density at radius 3 is 1.84 bits per heavy atom. The Morgan fingerprint density at radius 2 is 1.47 bits per heavy atom. The smallest absolute Gasteiger partial charge is 0.301 e. The standard InChI is InChI=1S/C12H15O3P.C2H3Cl/c1-3-10-14-16(13,15-11-4-2)12-8-6-5-7-9-12;1-2-3/h3-9H,1-2,10-11H2;2H,1H2. The van der Waals surface area contributed by atoms with Gasteiger partial charge in [0.05, 0.1) is 18.5 Å². The Balaban J connectivity index is 0.000000982. The third-order valence-corrected chi connectivity index (χ3v) is 3.71. The highest BCUT2D eigenvalue weighted by Crippen LogP contribution is 2.46. The predicted molar refractivity (Wildman–Crippen MR) is 82.0 cm³/mol. The molecule has 0 aliphatic rings. The second-order valence-electron chi connectivity index (χ2n) is 3.16. The van der Waals surface area contributed by atoms with Crippen molar-refractivity contribution < 1.29 is 13.6 Å². The highest BCUT2D eigenvalue weighted by Gasteiger charge is 2.26. The summed E-state index contributed by atoms with van der Waals surface area (Å²) in [5.41, 5.74) is 1.22. The van der Waals surface area contributed by atoms with E-state index in [4.69, 9.17) is 20.6 Å². The van der Waals surface area contributed by atoms with Crippen molar-refractivity contribution in [1.29, 1.82) is 0 Å². The Bertz CT molecular complexity index is 416. The van der Waals surface area contributed by atoms with Gasteiger partial charge in [0, 0.05) is 0 Å². The van der Waals surface area contributed by atoms with Gasteiger partial charge < -0.3 is 9.05 Å². The lowest BCUT2D eigenvalue weighted by molar-refractivity contribution is 0.247. The fourth-order valence-electron chi connectivity index (χ4n) is 1.10. The third kappa shape index (κ3) is 7.14. The summed E-state index contributed by atoms with van der Waals surface area (Å²) >= 11 is 4.76. The fraction of sp³-hybridized carbons (Fsp3) is 0.143. The molecule has 104 valence electrons. The van der Waals surface area contributed by atoms with E-state index >= 15 is 0 Å². The highest BCUT2D eigenvalue weighted by atomic mass is 35.5. The zero-order valence-electron chi connectivity index (χ0n) is 10.7. The monoisotopic (exact) mass is 300 g/mol. The van der Waals surface area contributed by atoms with Gasteiger partial charge in [0.15, 0.2) is 0 Å². The van der Waals surface area contributed by atoms with Gasteiger partial charge >= 0.3 is 7.60 Å². The van der Waals surface area contributed by atoms with Crippen LogP contribution in [0.4, 0.5) is 0 Å². The molecule has 0 unspecified atom stereocenters. The van der Waals surface area contributed by atoms with E-state index in [-0.39, 0.29) is 13.2 Å². The van der Waals surface area contributed by atoms with Crippen LogP contribution in [-0.4, -0.2) is 13.2 Å². The number of benzene rings is 1. The number of hydrogen-bond acceptors (Lipinski definition) is 3. The average molecular weight is 301 g/mol. The molecule has 0 aliphatic heterocycles. The Hall–Kier alpha value is -1.12. The summed E-state index contributed by atoms with van der Waals surface area (Å²) in [6.07, 6.45) is 3.07. The van der Waals surface area contributed by atoms with Crippen LogP contribution >= 0.6 is 19.2 Å². The number of halogens is 1. The van der Waals surface area contributed by atoms with Crippen molar-refractivity contribution in [1.82, 2.24) is 0 Å². The van der Waals surface area contributed by atoms with Crippen LogP contribution in [0.25, 0.3) is 0 Å². The molecule has 0 fully saturated rings. The molecule has 1 aromatic carbocycles. The summed E-state index contributed by atoms with van der Waals surface area (Å²) in [6, 6.07) is 8.85. The maximum atomic E-state index is 12.4. The van der Waals surface area contributed by atoms with Crippen LogP contribution in [-0.2, 0) is 13.6 Å². The maximum Gasteiger partial charge on any atom is 0.361 e. The van der Waals surface area contributed by atoms with Gasteiger partial charge in [-0.15, -0.1) is 13.2 Å². The average Bonchev–Trinajstić information content (AvgIpc) is 2.45. The van der Waals surface area contributed by atoms with Gasteiger partial charge in [-0.1, -0.05) is 48.5 Å². The molecular weight excluding hydrogens is 283 g/mol. The van der Waals surface area contributed by atoms with Crippen LogP contribution in [0.2, 0.25) is 0 Å². The SMILES string of the molecule is C=CCOP(=O)(OCC=C)c1ccccc1.C=CCl. The molecule has 0 amide bonds. The van der Waals surface area contributed by atoms with Crippen molar-refractivity contribution >= 4 is 24.5 Å². The van der Waals surface area contributed by atoms with E-state index in [0.717, 1.165) is 0 Å². The molecule has 0 saturated carbocycles. The van der Waals surface area contributed by atoms with Gasteiger partial charge in [-0.3, -0.25) is 4.57 Å². The first-order chi connectivity index (χ1) is 9.14. The summed E-state index contributed by atoms with van der Waals surface area (Å²) in [5, 5.41) is 0.540. The molecule has 0 saturated heterocycles. The molecule has 0 aliphatic carbocycles. The van der Waals surface area contributed by atoms with Gasteiger partial charge in [0.25, 0.3) is 0 Å². The van der Waals surface area contributed by atoms with Crippen molar-refractivity contribution in [2.24, 2.45) is 0 Å². The molecule has 3 nitrogen and oxygen atoms in total. The van der Waals surface area contributed by atoms with Crippen molar-refractivity contribution in [3.8, 4) is 0 Å². The van der Waals surface area contributed by atoms with Crippen LogP contribution in [0, 0.1) is 0 Å².